The van der Waals surface area contributed by atoms with Crippen molar-refractivity contribution in [1.29, 1.82) is 0 Å². The minimum absolute atomic E-state index is 0.0890. The maximum atomic E-state index is 4.02. The summed E-state index contributed by atoms with van der Waals surface area (Å²) >= 11 is 0. The molecule has 0 saturated carbocycles. The highest BCUT2D eigenvalue weighted by Crippen LogP contribution is 2.27. The summed E-state index contributed by atoms with van der Waals surface area (Å²) in [6.07, 6.45) is 1.81. The molecule has 4 nitrogen and oxygen atoms in total. The molecule has 4 heteroatoms. The Morgan fingerprint density at radius 3 is 2.63 bits per heavy atom. The first-order chi connectivity index (χ1) is 9.31. The Kier molecular flexibility index (Phi) is 3.01. The molecular weight excluding hydrogens is 236 g/mol. The molecule has 0 amide bonds. The van der Waals surface area contributed by atoms with Crippen LogP contribution >= 0.6 is 0 Å². The van der Waals surface area contributed by atoms with E-state index in [4.69, 9.17) is 0 Å². The van der Waals surface area contributed by atoms with Gasteiger partial charge in [-0.1, -0.05) is 47.7 Å². The van der Waals surface area contributed by atoms with Crippen LogP contribution in [0.1, 0.15) is 17.3 Å². The van der Waals surface area contributed by atoms with Crippen molar-refractivity contribution >= 4 is 10.8 Å². The maximum absolute atomic E-state index is 4.02. The van der Waals surface area contributed by atoms with E-state index >= 15 is 0 Å². The minimum atomic E-state index is 0.0890. The van der Waals surface area contributed by atoms with E-state index in [9.17, 15) is 0 Å². The van der Waals surface area contributed by atoms with E-state index < -0.39 is 0 Å². The van der Waals surface area contributed by atoms with Crippen LogP contribution < -0.4 is 5.32 Å². The second-order valence-electron chi connectivity index (χ2n) is 4.57. The first-order valence-electron chi connectivity index (χ1n) is 6.31. The molecule has 0 bridgehead atoms. The summed E-state index contributed by atoms with van der Waals surface area (Å²) in [5, 5.41) is 13.8. The highest BCUT2D eigenvalue weighted by molar-refractivity contribution is 5.86. The predicted molar refractivity (Wildman–Crippen MR) is 75.9 cm³/mol. The van der Waals surface area contributed by atoms with E-state index in [0.29, 0.717) is 0 Å². The van der Waals surface area contributed by atoms with Gasteiger partial charge in [-0.05, 0) is 23.4 Å². The van der Waals surface area contributed by atoms with Crippen molar-refractivity contribution in [2.24, 2.45) is 7.05 Å². The van der Waals surface area contributed by atoms with Crippen molar-refractivity contribution in [3.63, 3.8) is 0 Å². The van der Waals surface area contributed by atoms with Crippen molar-refractivity contribution in [2.45, 2.75) is 6.04 Å². The van der Waals surface area contributed by atoms with Crippen molar-refractivity contribution in [3.8, 4) is 0 Å². The lowest BCUT2D eigenvalue weighted by Gasteiger charge is -2.18. The third-order valence-corrected chi connectivity index (χ3v) is 3.47. The number of nitrogens with one attached hydrogen (secondary N) is 1. The van der Waals surface area contributed by atoms with Crippen LogP contribution in [0.15, 0.2) is 48.7 Å². The Bertz CT molecular complexity index is 697. The lowest BCUT2D eigenvalue weighted by Crippen LogP contribution is -2.20. The van der Waals surface area contributed by atoms with Crippen LogP contribution in [0.4, 0.5) is 0 Å². The number of hydrogen-bond acceptors (Lipinski definition) is 3. The SMILES string of the molecule is CNC(c1cccc2ccccc12)c1cnnn1C. The summed E-state index contributed by atoms with van der Waals surface area (Å²) in [6.45, 7) is 0. The van der Waals surface area contributed by atoms with Crippen LogP contribution in [-0.2, 0) is 7.05 Å². The Hall–Kier alpha value is -2.20. The number of aromatic nitrogens is 3. The number of fused-ring (bicyclic) bond motifs is 1. The summed E-state index contributed by atoms with van der Waals surface area (Å²) in [5.41, 5.74) is 2.30. The third-order valence-electron chi connectivity index (χ3n) is 3.47. The van der Waals surface area contributed by atoms with Gasteiger partial charge < -0.3 is 5.32 Å². The Morgan fingerprint density at radius 2 is 1.89 bits per heavy atom. The molecule has 1 heterocycles. The lowest BCUT2D eigenvalue weighted by molar-refractivity contribution is 0.600. The number of rotatable bonds is 3. The molecule has 0 aliphatic carbocycles. The highest BCUT2D eigenvalue weighted by atomic mass is 15.4. The van der Waals surface area contributed by atoms with Crippen molar-refractivity contribution in [2.75, 3.05) is 7.05 Å². The van der Waals surface area contributed by atoms with Crippen molar-refractivity contribution in [3.05, 3.63) is 59.9 Å². The fourth-order valence-corrected chi connectivity index (χ4v) is 2.52. The van der Waals surface area contributed by atoms with E-state index in [1.165, 1.54) is 16.3 Å². The first kappa shape index (κ1) is 11.9. The number of hydrogen-bond donors (Lipinski definition) is 1. The van der Waals surface area contributed by atoms with Gasteiger partial charge in [0.1, 0.15) is 0 Å². The Labute approximate surface area is 112 Å². The van der Waals surface area contributed by atoms with Crippen molar-refractivity contribution < 1.29 is 0 Å². The summed E-state index contributed by atoms with van der Waals surface area (Å²) < 4.78 is 1.81. The van der Waals surface area contributed by atoms with Gasteiger partial charge in [0.25, 0.3) is 0 Å². The average Bonchev–Trinajstić information content (AvgIpc) is 2.86. The van der Waals surface area contributed by atoms with Crippen molar-refractivity contribution in [1.82, 2.24) is 20.3 Å². The lowest BCUT2D eigenvalue weighted by atomic mass is 9.97. The predicted octanol–water partition coefficient (Wildman–Crippen LogP) is 2.28. The summed E-state index contributed by atoms with van der Waals surface area (Å²) in [7, 11) is 3.87. The van der Waals surface area contributed by atoms with Gasteiger partial charge in [0.05, 0.1) is 17.9 Å². The van der Waals surface area contributed by atoms with Crippen LogP contribution in [0.25, 0.3) is 10.8 Å². The molecule has 2 aromatic carbocycles. The second-order valence-corrected chi connectivity index (χ2v) is 4.57. The zero-order valence-corrected chi connectivity index (χ0v) is 11.0. The highest BCUT2D eigenvalue weighted by Gasteiger charge is 2.17. The standard InChI is InChI=1S/C15H16N4/c1-16-15(14-10-17-18-19(14)2)13-9-5-7-11-6-3-4-8-12(11)13/h3-10,15-16H,1-2H3. The molecule has 19 heavy (non-hydrogen) atoms. The van der Waals surface area contributed by atoms with E-state index in [1.807, 2.05) is 25.0 Å². The summed E-state index contributed by atoms with van der Waals surface area (Å²) in [5.74, 6) is 0. The zero-order chi connectivity index (χ0) is 13.2. The maximum Gasteiger partial charge on any atom is 0.0798 e. The van der Waals surface area contributed by atoms with Gasteiger partial charge in [-0.2, -0.15) is 0 Å². The molecule has 0 aliphatic heterocycles. The molecule has 0 fully saturated rings. The van der Waals surface area contributed by atoms with Gasteiger partial charge >= 0.3 is 0 Å². The van der Waals surface area contributed by atoms with Crippen LogP contribution in [-0.4, -0.2) is 22.0 Å². The van der Waals surface area contributed by atoms with Gasteiger partial charge in [-0.15, -0.1) is 5.10 Å². The molecule has 1 atom stereocenters. The number of benzene rings is 2. The molecule has 96 valence electrons. The fraction of sp³-hybridized carbons (Fsp3) is 0.200. The molecule has 0 saturated heterocycles. The zero-order valence-electron chi connectivity index (χ0n) is 11.0. The Morgan fingerprint density at radius 1 is 1.11 bits per heavy atom. The van der Waals surface area contributed by atoms with Gasteiger partial charge in [-0.3, -0.25) is 4.68 Å². The van der Waals surface area contributed by atoms with Crippen LogP contribution in [0.2, 0.25) is 0 Å². The van der Waals surface area contributed by atoms with Crippen LogP contribution in [0.3, 0.4) is 0 Å². The Balaban J connectivity index is 2.20. The van der Waals surface area contributed by atoms with Gasteiger partial charge in [0.2, 0.25) is 0 Å². The summed E-state index contributed by atoms with van der Waals surface area (Å²) in [4.78, 5) is 0. The minimum Gasteiger partial charge on any atom is -0.308 e. The number of aryl methyl sites for hydroxylation is 1. The van der Waals surface area contributed by atoms with Gasteiger partial charge in [0, 0.05) is 7.05 Å². The molecule has 0 spiro atoms. The quantitative estimate of drug-likeness (QED) is 0.777. The molecule has 3 rings (SSSR count). The summed E-state index contributed by atoms with van der Waals surface area (Å²) in [6, 6.07) is 14.9. The molecule has 1 unspecified atom stereocenters. The largest absolute Gasteiger partial charge is 0.308 e. The van der Waals surface area contributed by atoms with Crippen LogP contribution in [0, 0.1) is 0 Å². The fourth-order valence-electron chi connectivity index (χ4n) is 2.52. The smallest absolute Gasteiger partial charge is 0.0798 e. The van der Waals surface area contributed by atoms with Gasteiger partial charge in [-0.25, -0.2) is 0 Å². The molecule has 1 N–H and O–H groups in total. The molecule has 0 radical (unpaired) electrons. The molecule has 1 aromatic heterocycles. The monoisotopic (exact) mass is 252 g/mol. The van der Waals surface area contributed by atoms with Gasteiger partial charge in [0.15, 0.2) is 0 Å². The normalized spacial score (nSPS) is 12.7. The second kappa shape index (κ2) is 4.82. The first-order valence-corrected chi connectivity index (χ1v) is 6.31. The molecule has 3 aromatic rings. The average molecular weight is 252 g/mol. The van der Waals surface area contributed by atoms with Crippen LogP contribution in [0.5, 0.6) is 0 Å². The van der Waals surface area contributed by atoms with E-state index in [2.05, 4.69) is 58.1 Å². The molecular formula is C15H16N4. The van der Waals surface area contributed by atoms with E-state index in [-0.39, 0.29) is 6.04 Å². The molecule has 0 aliphatic rings. The number of nitrogens with zero attached hydrogens (tertiary/aromatic N) is 3. The van der Waals surface area contributed by atoms with E-state index in [0.717, 1.165) is 5.69 Å². The topological polar surface area (TPSA) is 42.7 Å². The van der Waals surface area contributed by atoms with E-state index in [1.54, 1.807) is 0 Å². The third kappa shape index (κ3) is 2.00.